The number of halogens is 1. The van der Waals surface area contributed by atoms with Crippen molar-refractivity contribution in [2.75, 3.05) is 40.8 Å². The second-order valence-corrected chi connectivity index (χ2v) is 5.82. The molecule has 0 aliphatic heterocycles. The minimum atomic E-state index is -0.325. The van der Waals surface area contributed by atoms with Crippen molar-refractivity contribution in [1.82, 2.24) is 14.8 Å². The standard InChI is InChI=1S/C15H27FN4/c1-12(11-20(4)9-5-8-19(2)3)15(17)14-7-6-13(16)10-18-14/h6-7,10,12,15H,5,8-9,11,17H2,1-4H3. The Labute approximate surface area is 121 Å². The molecule has 0 aromatic carbocycles. The number of hydrogen-bond donors (Lipinski definition) is 1. The monoisotopic (exact) mass is 282 g/mol. The van der Waals surface area contributed by atoms with Crippen LogP contribution in [0.4, 0.5) is 4.39 Å². The molecular weight excluding hydrogens is 255 g/mol. The number of nitrogens with zero attached hydrogens (tertiary/aromatic N) is 3. The predicted octanol–water partition coefficient (Wildman–Crippen LogP) is 1.74. The van der Waals surface area contributed by atoms with Crippen LogP contribution in [-0.2, 0) is 0 Å². The first kappa shape index (κ1) is 17.0. The lowest BCUT2D eigenvalue weighted by molar-refractivity contribution is 0.249. The Balaban J connectivity index is 2.40. The van der Waals surface area contributed by atoms with Crippen LogP contribution in [0.5, 0.6) is 0 Å². The maximum atomic E-state index is 12.9. The Hall–Kier alpha value is -1.04. The summed E-state index contributed by atoms with van der Waals surface area (Å²) in [6, 6.07) is 2.92. The summed E-state index contributed by atoms with van der Waals surface area (Å²) < 4.78 is 12.9. The van der Waals surface area contributed by atoms with Crippen LogP contribution >= 0.6 is 0 Å². The maximum Gasteiger partial charge on any atom is 0.141 e. The molecule has 1 aromatic heterocycles. The van der Waals surface area contributed by atoms with E-state index in [0.717, 1.165) is 31.7 Å². The fraction of sp³-hybridized carbons (Fsp3) is 0.667. The van der Waals surface area contributed by atoms with Crippen LogP contribution in [0.2, 0.25) is 0 Å². The quantitative estimate of drug-likeness (QED) is 0.789. The Morgan fingerprint density at radius 3 is 2.50 bits per heavy atom. The third kappa shape index (κ3) is 5.94. The summed E-state index contributed by atoms with van der Waals surface area (Å²) >= 11 is 0. The van der Waals surface area contributed by atoms with Gasteiger partial charge in [0.2, 0.25) is 0 Å². The normalized spacial score (nSPS) is 14.8. The first-order valence-electron chi connectivity index (χ1n) is 7.10. The minimum Gasteiger partial charge on any atom is -0.322 e. The number of rotatable bonds is 8. The summed E-state index contributed by atoms with van der Waals surface area (Å²) in [7, 11) is 6.27. The van der Waals surface area contributed by atoms with E-state index in [4.69, 9.17) is 5.73 Å². The van der Waals surface area contributed by atoms with E-state index >= 15 is 0 Å². The summed E-state index contributed by atoms with van der Waals surface area (Å²) in [5.41, 5.74) is 6.94. The molecule has 2 unspecified atom stereocenters. The third-order valence-electron chi connectivity index (χ3n) is 3.45. The number of hydrogen-bond acceptors (Lipinski definition) is 4. The van der Waals surface area contributed by atoms with Crippen molar-refractivity contribution in [2.24, 2.45) is 11.7 Å². The molecule has 1 heterocycles. The summed E-state index contributed by atoms with van der Waals surface area (Å²) in [5.74, 6) is -0.0493. The van der Waals surface area contributed by atoms with Crippen LogP contribution in [0, 0.1) is 11.7 Å². The average Bonchev–Trinajstić information content (AvgIpc) is 2.38. The molecule has 20 heavy (non-hydrogen) atoms. The molecular formula is C15H27FN4. The van der Waals surface area contributed by atoms with Crippen molar-refractivity contribution in [3.8, 4) is 0 Å². The number of aromatic nitrogens is 1. The minimum absolute atomic E-state index is 0.160. The van der Waals surface area contributed by atoms with Crippen LogP contribution in [0.25, 0.3) is 0 Å². The van der Waals surface area contributed by atoms with Gasteiger partial charge in [-0.3, -0.25) is 4.98 Å². The van der Waals surface area contributed by atoms with E-state index in [1.54, 1.807) is 6.07 Å². The van der Waals surface area contributed by atoms with Crippen molar-refractivity contribution in [1.29, 1.82) is 0 Å². The molecule has 5 heteroatoms. The summed E-state index contributed by atoms with van der Waals surface area (Å²) in [4.78, 5) is 8.54. The van der Waals surface area contributed by atoms with Gasteiger partial charge >= 0.3 is 0 Å². The zero-order valence-electron chi connectivity index (χ0n) is 13.0. The van der Waals surface area contributed by atoms with E-state index in [0.29, 0.717) is 0 Å². The number of nitrogens with two attached hydrogens (primary N) is 1. The molecule has 0 fully saturated rings. The SMILES string of the molecule is CC(CN(C)CCCN(C)C)C(N)c1ccc(F)cn1. The molecule has 1 aromatic rings. The molecule has 0 saturated heterocycles. The Kier molecular flexibility index (Phi) is 7.05. The third-order valence-corrected chi connectivity index (χ3v) is 3.45. The van der Waals surface area contributed by atoms with E-state index in [1.165, 1.54) is 12.3 Å². The van der Waals surface area contributed by atoms with Crippen LogP contribution < -0.4 is 5.73 Å². The zero-order valence-corrected chi connectivity index (χ0v) is 13.0. The fourth-order valence-corrected chi connectivity index (χ4v) is 2.23. The Morgan fingerprint density at radius 2 is 1.95 bits per heavy atom. The van der Waals surface area contributed by atoms with Gasteiger partial charge in [-0.2, -0.15) is 0 Å². The van der Waals surface area contributed by atoms with Crippen molar-refractivity contribution < 1.29 is 4.39 Å². The second-order valence-electron chi connectivity index (χ2n) is 5.82. The highest BCUT2D eigenvalue weighted by molar-refractivity contribution is 5.10. The smallest absolute Gasteiger partial charge is 0.141 e. The van der Waals surface area contributed by atoms with Gasteiger partial charge in [0.15, 0.2) is 0 Å². The first-order chi connectivity index (χ1) is 9.40. The molecule has 2 N–H and O–H groups in total. The molecule has 0 radical (unpaired) electrons. The van der Waals surface area contributed by atoms with Crippen molar-refractivity contribution in [2.45, 2.75) is 19.4 Å². The molecule has 0 aliphatic rings. The average molecular weight is 282 g/mol. The van der Waals surface area contributed by atoms with Crippen LogP contribution in [0.15, 0.2) is 18.3 Å². The van der Waals surface area contributed by atoms with Crippen molar-refractivity contribution >= 4 is 0 Å². The van der Waals surface area contributed by atoms with Gasteiger partial charge in [0, 0.05) is 6.54 Å². The largest absolute Gasteiger partial charge is 0.322 e. The molecule has 0 bridgehead atoms. The summed E-state index contributed by atoms with van der Waals surface area (Å²) in [6.07, 6.45) is 2.36. The zero-order chi connectivity index (χ0) is 15.1. The molecule has 4 nitrogen and oxygen atoms in total. The van der Waals surface area contributed by atoms with Gasteiger partial charge in [-0.05, 0) is 58.7 Å². The van der Waals surface area contributed by atoms with Gasteiger partial charge < -0.3 is 15.5 Å². The maximum absolute atomic E-state index is 12.9. The molecule has 0 saturated carbocycles. The van der Waals surface area contributed by atoms with E-state index in [9.17, 15) is 4.39 Å². The molecule has 0 spiro atoms. The molecule has 1 rings (SSSR count). The van der Waals surface area contributed by atoms with Gasteiger partial charge in [-0.15, -0.1) is 0 Å². The van der Waals surface area contributed by atoms with E-state index in [-0.39, 0.29) is 17.8 Å². The highest BCUT2D eigenvalue weighted by atomic mass is 19.1. The topological polar surface area (TPSA) is 45.4 Å². The Bertz CT molecular complexity index is 380. The second kappa shape index (κ2) is 8.29. The van der Waals surface area contributed by atoms with Crippen LogP contribution in [0.3, 0.4) is 0 Å². The van der Waals surface area contributed by atoms with Gasteiger partial charge in [0.25, 0.3) is 0 Å². The Morgan fingerprint density at radius 1 is 1.25 bits per heavy atom. The molecule has 114 valence electrons. The lowest BCUT2D eigenvalue weighted by Crippen LogP contribution is -2.33. The molecule has 2 atom stereocenters. The van der Waals surface area contributed by atoms with Crippen LogP contribution in [-0.4, -0.2) is 55.6 Å². The van der Waals surface area contributed by atoms with Crippen LogP contribution in [0.1, 0.15) is 25.1 Å². The fourth-order valence-electron chi connectivity index (χ4n) is 2.23. The lowest BCUT2D eigenvalue weighted by atomic mass is 9.98. The molecule has 0 amide bonds. The highest BCUT2D eigenvalue weighted by Crippen LogP contribution is 2.18. The summed E-state index contributed by atoms with van der Waals surface area (Å²) in [6.45, 7) is 5.15. The molecule has 0 aliphatic carbocycles. The first-order valence-corrected chi connectivity index (χ1v) is 7.10. The highest BCUT2D eigenvalue weighted by Gasteiger charge is 2.17. The van der Waals surface area contributed by atoms with Crippen molar-refractivity contribution in [3.05, 3.63) is 29.8 Å². The predicted molar refractivity (Wildman–Crippen MR) is 81.0 cm³/mol. The van der Waals surface area contributed by atoms with Gasteiger partial charge in [0.1, 0.15) is 5.82 Å². The van der Waals surface area contributed by atoms with Gasteiger partial charge in [-0.25, -0.2) is 4.39 Å². The summed E-state index contributed by atoms with van der Waals surface area (Å²) in [5, 5.41) is 0. The van der Waals surface area contributed by atoms with Gasteiger partial charge in [0.05, 0.1) is 17.9 Å². The van der Waals surface area contributed by atoms with E-state index in [2.05, 4.69) is 42.9 Å². The number of pyridine rings is 1. The van der Waals surface area contributed by atoms with E-state index in [1.807, 2.05) is 0 Å². The van der Waals surface area contributed by atoms with Gasteiger partial charge in [-0.1, -0.05) is 6.92 Å². The van der Waals surface area contributed by atoms with E-state index < -0.39 is 0 Å². The van der Waals surface area contributed by atoms with Crippen molar-refractivity contribution in [3.63, 3.8) is 0 Å². The lowest BCUT2D eigenvalue weighted by Gasteiger charge is -2.25.